The molecule has 0 aromatic heterocycles. The second-order valence-corrected chi connectivity index (χ2v) is 10.4. The Balaban J connectivity index is 1.99. The normalized spacial score (nSPS) is 27.8. The van der Waals surface area contributed by atoms with E-state index < -0.39 is 12.1 Å². The summed E-state index contributed by atoms with van der Waals surface area (Å²) in [7, 11) is 4.12. The van der Waals surface area contributed by atoms with Gasteiger partial charge in [-0.25, -0.2) is 0 Å². The molecule has 2 rings (SSSR count). The van der Waals surface area contributed by atoms with Crippen LogP contribution >= 0.6 is 11.6 Å². The van der Waals surface area contributed by atoms with Crippen LogP contribution in [0.3, 0.4) is 0 Å². The van der Waals surface area contributed by atoms with Crippen LogP contribution in [0.2, 0.25) is 0 Å². The molecule has 2 heterocycles. The highest BCUT2D eigenvalue weighted by Crippen LogP contribution is 2.20. The summed E-state index contributed by atoms with van der Waals surface area (Å²) < 4.78 is 6.16. The number of ether oxygens (including phenoxy) is 1. The van der Waals surface area contributed by atoms with E-state index in [-0.39, 0.29) is 29.6 Å². The van der Waals surface area contributed by atoms with E-state index in [4.69, 9.17) is 27.8 Å². The Morgan fingerprint density at radius 1 is 1.24 bits per heavy atom. The number of piperidine rings is 1. The zero-order valence-electron chi connectivity index (χ0n) is 20.9. The number of hydrogen-bond donors (Lipinski definition) is 5. The van der Waals surface area contributed by atoms with E-state index in [1.165, 1.54) is 19.3 Å². The fourth-order valence-electron chi connectivity index (χ4n) is 4.74. The molecule has 0 aromatic rings. The zero-order valence-corrected chi connectivity index (χ0v) is 21.7. The first-order chi connectivity index (χ1) is 15.8. The lowest BCUT2D eigenvalue weighted by Crippen LogP contribution is -2.67. The summed E-state index contributed by atoms with van der Waals surface area (Å²) in [5.41, 5.74) is 12.3. The van der Waals surface area contributed by atoms with E-state index in [1.54, 1.807) is 0 Å². The lowest BCUT2D eigenvalue weighted by molar-refractivity contribution is -0.131. The van der Waals surface area contributed by atoms with Crippen molar-refractivity contribution in [3.8, 4) is 0 Å². The molecule has 9 nitrogen and oxygen atoms in total. The number of rotatable bonds is 14. The molecule has 2 aliphatic heterocycles. The molecule has 2 saturated heterocycles. The predicted octanol–water partition coefficient (Wildman–Crippen LogP) is 0.0801. The monoisotopic (exact) mass is 489 g/mol. The molecule has 0 spiro atoms. The largest absolute Gasteiger partial charge is 0.376 e. The molecule has 1 amide bonds. The Labute approximate surface area is 205 Å². The fraction of sp³-hybridized carbons (Fsp3) is 0.957. The molecule has 2 fully saturated rings. The molecule has 0 radical (unpaired) electrons. The first-order valence-electron chi connectivity index (χ1n) is 12.7. The maximum absolute atomic E-state index is 13.5. The highest BCUT2D eigenvalue weighted by atomic mass is 35.5. The van der Waals surface area contributed by atoms with Crippen LogP contribution in [0.15, 0.2) is 0 Å². The molecule has 194 valence electrons. The van der Waals surface area contributed by atoms with E-state index in [0.29, 0.717) is 19.7 Å². The molecule has 2 aliphatic rings. The summed E-state index contributed by atoms with van der Waals surface area (Å²) in [6.07, 6.45) is 5.45. The van der Waals surface area contributed by atoms with Gasteiger partial charge in [-0.2, -0.15) is 0 Å². The molecule has 0 saturated carbocycles. The molecule has 7 N–H and O–H groups in total. The van der Waals surface area contributed by atoms with Gasteiger partial charge in [0.15, 0.2) is 0 Å². The van der Waals surface area contributed by atoms with E-state index in [0.717, 1.165) is 45.4 Å². The Bertz CT molecular complexity index is 555. The van der Waals surface area contributed by atoms with E-state index in [9.17, 15) is 4.79 Å². The number of halogens is 1. The maximum Gasteiger partial charge on any atom is 0.229 e. The Hall–Kier alpha value is -0.520. The van der Waals surface area contributed by atoms with Crippen LogP contribution in [0.1, 0.15) is 45.4 Å². The van der Waals surface area contributed by atoms with Crippen LogP contribution in [0.5, 0.6) is 0 Å². The molecular weight excluding hydrogens is 442 g/mol. The molecule has 5 atom stereocenters. The van der Waals surface area contributed by atoms with Gasteiger partial charge < -0.3 is 31.7 Å². The van der Waals surface area contributed by atoms with Gasteiger partial charge in [0.25, 0.3) is 0 Å². The third kappa shape index (κ3) is 9.93. The number of unbranched alkanes of at least 4 members (excludes halogenated alkanes) is 3. The van der Waals surface area contributed by atoms with Gasteiger partial charge in [0.05, 0.1) is 35.8 Å². The van der Waals surface area contributed by atoms with E-state index >= 15 is 0 Å². The number of carbonyl (C=O) groups is 1. The van der Waals surface area contributed by atoms with Crippen LogP contribution in [0.4, 0.5) is 0 Å². The Morgan fingerprint density at radius 2 is 2.03 bits per heavy atom. The number of carbonyl (C=O) groups excluding carboxylic acids is 1. The van der Waals surface area contributed by atoms with Crippen molar-refractivity contribution in [2.75, 3.05) is 60.0 Å². The summed E-state index contributed by atoms with van der Waals surface area (Å²) >= 11 is 6.44. The van der Waals surface area contributed by atoms with Crippen molar-refractivity contribution in [3.05, 3.63) is 0 Å². The molecular formula is C23H48ClN7O2. The molecule has 0 bridgehead atoms. The topological polar surface area (TPSA) is 121 Å². The van der Waals surface area contributed by atoms with Crippen molar-refractivity contribution in [3.63, 3.8) is 0 Å². The molecule has 10 heteroatoms. The number of alkyl halides is 1. The average molecular weight is 490 g/mol. The predicted molar refractivity (Wildman–Crippen MR) is 135 cm³/mol. The minimum absolute atomic E-state index is 0.00706. The van der Waals surface area contributed by atoms with Crippen LogP contribution in [0.25, 0.3) is 0 Å². The van der Waals surface area contributed by atoms with Gasteiger partial charge >= 0.3 is 0 Å². The first kappa shape index (κ1) is 28.7. The molecule has 0 aliphatic carbocycles. The second kappa shape index (κ2) is 15.5. The highest BCUT2D eigenvalue weighted by Gasteiger charge is 2.40. The fourth-order valence-corrected chi connectivity index (χ4v) is 5.00. The standard InChI is InChI=1S/C23H48ClN7O2/c1-4-5-6-7-12-31-16-17(24)14-28-22(31)20(21(25)26)23(32)29-18-15-27-10-9-19(18)33-13-8-11-30(2)3/h17-22,27-28H,4-16,25-26H2,1-3H3,(H,29,32). The number of nitrogens with two attached hydrogens (primary N) is 2. The highest BCUT2D eigenvalue weighted by molar-refractivity contribution is 6.21. The summed E-state index contributed by atoms with van der Waals surface area (Å²) in [5.74, 6) is -0.693. The van der Waals surface area contributed by atoms with E-state index in [1.807, 2.05) is 0 Å². The molecule has 33 heavy (non-hydrogen) atoms. The van der Waals surface area contributed by atoms with Crippen molar-refractivity contribution in [2.45, 2.75) is 75.3 Å². The van der Waals surface area contributed by atoms with Crippen LogP contribution in [-0.4, -0.2) is 106 Å². The molecule has 0 aromatic carbocycles. The third-order valence-corrected chi connectivity index (χ3v) is 6.85. The van der Waals surface area contributed by atoms with Crippen molar-refractivity contribution in [1.82, 2.24) is 25.8 Å². The van der Waals surface area contributed by atoms with Gasteiger partial charge in [0.1, 0.15) is 0 Å². The third-order valence-electron chi connectivity index (χ3n) is 6.56. The lowest BCUT2D eigenvalue weighted by Gasteiger charge is -2.44. The summed E-state index contributed by atoms with van der Waals surface area (Å²) in [4.78, 5) is 17.9. The van der Waals surface area contributed by atoms with Crippen LogP contribution in [0, 0.1) is 5.92 Å². The quantitative estimate of drug-likeness (QED) is 0.132. The summed E-state index contributed by atoms with van der Waals surface area (Å²) in [5, 5.41) is 10.0. The van der Waals surface area contributed by atoms with Gasteiger partial charge in [-0.15, -0.1) is 11.6 Å². The van der Waals surface area contributed by atoms with Gasteiger partial charge in [0, 0.05) is 26.2 Å². The minimum Gasteiger partial charge on any atom is -0.376 e. The number of nitrogens with zero attached hydrogens (tertiary/aromatic N) is 2. The number of amides is 1. The average Bonchev–Trinajstić information content (AvgIpc) is 2.76. The van der Waals surface area contributed by atoms with Gasteiger partial charge in [-0.3, -0.25) is 15.0 Å². The minimum atomic E-state index is -0.775. The van der Waals surface area contributed by atoms with Gasteiger partial charge in [0.2, 0.25) is 5.91 Å². The second-order valence-electron chi connectivity index (χ2n) is 9.78. The summed E-state index contributed by atoms with van der Waals surface area (Å²) in [6, 6.07) is -0.103. The smallest absolute Gasteiger partial charge is 0.229 e. The van der Waals surface area contributed by atoms with Crippen LogP contribution < -0.4 is 27.4 Å². The van der Waals surface area contributed by atoms with Gasteiger partial charge in [-0.1, -0.05) is 26.2 Å². The van der Waals surface area contributed by atoms with Gasteiger partial charge in [-0.05, 0) is 53.0 Å². The zero-order chi connectivity index (χ0) is 24.2. The number of hydrogen-bond acceptors (Lipinski definition) is 8. The lowest BCUT2D eigenvalue weighted by atomic mass is 9.96. The number of nitrogens with one attached hydrogen (secondary N) is 3. The molecule has 5 unspecified atom stereocenters. The van der Waals surface area contributed by atoms with Crippen LogP contribution in [-0.2, 0) is 9.53 Å². The Morgan fingerprint density at radius 3 is 2.73 bits per heavy atom. The van der Waals surface area contributed by atoms with Crippen molar-refractivity contribution >= 4 is 17.5 Å². The van der Waals surface area contributed by atoms with Crippen molar-refractivity contribution in [2.24, 2.45) is 17.4 Å². The maximum atomic E-state index is 13.5. The SMILES string of the molecule is CCCCCCN1CC(Cl)CNC1C(C(=O)NC1CNCCC1OCCCN(C)C)C(N)N. The first-order valence-corrected chi connectivity index (χ1v) is 13.2. The van der Waals surface area contributed by atoms with E-state index in [2.05, 4.69) is 46.8 Å². The van der Waals surface area contributed by atoms with Crippen molar-refractivity contribution in [1.29, 1.82) is 0 Å². The Kier molecular flexibility index (Phi) is 13.5. The summed E-state index contributed by atoms with van der Waals surface area (Å²) in [6.45, 7) is 7.67. The van der Waals surface area contributed by atoms with Crippen molar-refractivity contribution < 1.29 is 9.53 Å².